The number of carbonyl (C=O) groups is 1. The summed E-state index contributed by atoms with van der Waals surface area (Å²) in [6.45, 7) is 6.08. The van der Waals surface area contributed by atoms with Gasteiger partial charge < -0.3 is 4.57 Å². The van der Waals surface area contributed by atoms with Gasteiger partial charge in [-0.1, -0.05) is 37.1 Å². The van der Waals surface area contributed by atoms with E-state index in [4.69, 9.17) is 17.0 Å². The smallest absolute Gasteiger partial charge is 0.283 e. The van der Waals surface area contributed by atoms with Crippen molar-refractivity contribution in [3.63, 3.8) is 0 Å². The largest absolute Gasteiger partial charge is 0.316 e. The van der Waals surface area contributed by atoms with E-state index >= 15 is 0 Å². The number of carbonyl (C=O) groups excluding carboxylic acids is 1. The highest BCUT2D eigenvalue weighted by Gasteiger charge is 2.35. The van der Waals surface area contributed by atoms with Gasteiger partial charge in [0, 0.05) is 11.4 Å². The van der Waals surface area contributed by atoms with Crippen LogP contribution >= 0.6 is 23.4 Å². The fourth-order valence-corrected chi connectivity index (χ4v) is 4.70. The number of amides is 1. The predicted molar refractivity (Wildman–Crippen MR) is 125 cm³/mol. The summed E-state index contributed by atoms with van der Waals surface area (Å²) in [6, 6.07) is 9.62. The van der Waals surface area contributed by atoms with Crippen molar-refractivity contribution in [1.29, 1.82) is 5.41 Å². The number of aromatic nitrogens is 1. The van der Waals surface area contributed by atoms with Crippen LogP contribution in [0.25, 0.3) is 11.8 Å². The average Bonchev–Trinajstić information content (AvgIpc) is 3.24. The van der Waals surface area contributed by atoms with Crippen LogP contribution in [0.2, 0.25) is 5.02 Å². The Kier molecular flexibility index (Phi) is 5.66. The van der Waals surface area contributed by atoms with E-state index in [2.05, 4.69) is 17.0 Å². The third-order valence-electron chi connectivity index (χ3n) is 5.10. The van der Waals surface area contributed by atoms with E-state index in [-0.39, 0.29) is 11.4 Å². The summed E-state index contributed by atoms with van der Waals surface area (Å²) in [7, 11) is 0. The zero-order chi connectivity index (χ0) is 21.4. The number of amidine groups is 2. The first-order valence-corrected chi connectivity index (χ1v) is 11.0. The van der Waals surface area contributed by atoms with Gasteiger partial charge in [-0.3, -0.25) is 10.2 Å². The van der Waals surface area contributed by atoms with Gasteiger partial charge in [0.2, 0.25) is 5.17 Å². The van der Waals surface area contributed by atoms with Crippen LogP contribution in [0.15, 0.2) is 46.0 Å². The van der Waals surface area contributed by atoms with Gasteiger partial charge in [0.05, 0.1) is 16.3 Å². The minimum atomic E-state index is -0.409. The lowest BCUT2D eigenvalue weighted by Gasteiger charge is -2.20. The summed E-state index contributed by atoms with van der Waals surface area (Å²) in [5, 5.41) is 16.5. The van der Waals surface area contributed by atoms with Crippen LogP contribution in [0.3, 0.4) is 0 Å². The van der Waals surface area contributed by atoms with E-state index in [0.29, 0.717) is 10.2 Å². The Morgan fingerprint density at radius 2 is 2.03 bits per heavy atom. The van der Waals surface area contributed by atoms with Gasteiger partial charge in [-0.2, -0.15) is 15.1 Å². The lowest BCUT2D eigenvalue weighted by Crippen LogP contribution is -2.35. The molecule has 3 heterocycles. The van der Waals surface area contributed by atoms with Gasteiger partial charge >= 0.3 is 0 Å². The number of rotatable bonds is 5. The fraction of sp³-hybridized carbons (Fsp3) is 0.273. The standard InChI is InChI=1S/C22H22ClN5OS/c1-4-5-10-19-26-28-20(24)16(21(29)25-22(28)30-19)12-15-11-13(2)27(14(15)3)18-9-7-6-8-17(18)23/h6-9,11-12,24H,4-5,10H2,1-3H3/b16-12-,24-20?. The molecule has 0 spiro atoms. The minimum Gasteiger partial charge on any atom is -0.316 e. The van der Waals surface area contributed by atoms with Crippen molar-refractivity contribution in [2.24, 2.45) is 10.1 Å². The lowest BCUT2D eigenvalue weighted by molar-refractivity contribution is -0.114. The van der Waals surface area contributed by atoms with Crippen LogP contribution in [0.1, 0.15) is 43.1 Å². The summed E-state index contributed by atoms with van der Waals surface area (Å²) >= 11 is 7.77. The number of halogens is 1. The molecule has 4 rings (SSSR count). The predicted octanol–water partition coefficient (Wildman–Crippen LogP) is 5.56. The topological polar surface area (TPSA) is 73.8 Å². The molecule has 2 aromatic rings. The van der Waals surface area contributed by atoms with E-state index in [0.717, 1.165) is 46.9 Å². The Hall–Kier alpha value is -2.64. The molecular formula is C22H22ClN5OS. The highest BCUT2D eigenvalue weighted by atomic mass is 35.5. The van der Waals surface area contributed by atoms with Crippen LogP contribution < -0.4 is 0 Å². The maximum atomic E-state index is 12.7. The second-order valence-corrected chi connectivity index (χ2v) is 8.68. The fourth-order valence-electron chi connectivity index (χ4n) is 3.55. The molecule has 0 bridgehead atoms. The van der Waals surface area contributed by atoms with Crippen molar-refractivity contribution < 1.29 is 4.79 Å². The molecule has 0 atom stereocenters. The van der Waals surface area contributed by atoms with Crippen molar-refractivity contribution in [3.8, 4) is 5.69 Å². The number of hydrogen-bond donors (Lipinski definition) is 1. The van der Waals surface area contributed by atoms with Gasteiger partial charge in [0.15, 0.2) is 5.84 Å². The third kappa shape index (κ3) is 3.63. The van der Waals surface area contributed by atoms with Crippen LogP contribution in [0.4, 0.5) is 0 Å². The molecule has 0 saturated carbocycles. The van der Waals surface area contributed by atoms with E-state index in [1.165, 1.54) is 16.8 Å². The number of para-hydroxylation sites is 1. The molecular weight excluding hydrogens is 418 g/mol. The Balaban J connectivity index is 1.70. The van der Waals surface area contributed by atoms with Gasteiger partial charge in [-0.15, -0.1) is 0 Å². The van der Waals surface area contributed by atoms with Gasteiger partial charge in [-0.25, -0.2) is 0 Å². The van der Waals surface area contributed by atoms with Crippen LogP contribution in [-0.4, -0.2) is 31.5 Å². The molecule has 0 fully saturated rings. The molecule has 1 aromatic heterocycles. The molecule has 2 aliphatic heterocycles. The van der Waals surface area contributed by atoms with E-state index in [1.54, 1.807) is 6.08 Å². The second kappa shape index (κ2) is 8.24. The lowest BCUT2D eigenvalue weighted by atomic mass is 10.1. The number of hydrogen-bond acceptors (Lipinski definition) is 4. The Labute approximate surface area is 184 Å². The molecule has 8 heteroatoms. The first-order chi connectivity index (χ1) is 14.4. The van der Waals surface area contributed by atoms with Crippen molar-refractivity contribution in [1.82, 2.24) is 9.58 Å². The molecule has 1 aromatic carbocycles. The number of aliphatic imine (C=N–C) groups is 1. The molecule has 2 aliphatic rings. The highest BCUT2D eigenvalue weighted by Crippen LogP contribution is 2.32. The summed E-state index contributed by atoms with van der Waals surface area (Å²) in [6.07, 6.45) is 4.64. The Bertz CT molecular complexity index is 1140. The molecule has 6 nitrogen and oxygen atoms in total. The number of benzene rings is 1. The van der Waals surface area contributed by atoms with Crippen LogP contribution in [-0.2, 0) is 4.79 Å². The quantitative estimate of drug-likeness (QED) is 0.620. The van der Waals surface area contributed by atoms with Crippen molar-refractivity contribution in [2.75, 3.05) is 0 Å². The first-order valence-electron chi connectivity index (χ1n) is 9.83. The van der Waals surface area contributed by atoms with E-state index < -0.39 is 5.91 Å². The SMILES string of the molecule is CCCCC1=NN2C(=N)/C(=C/c3cc(C)n(-c4ccccc4Cl)c3C)C(=O)N=C2S1. The minimum absolute atomic E-state index is 0.0616. The molecule has 0 saturated heterocycles. The number of fused-ring (bicyclic) bond motifs is 1. The zero-order valence-electron chi connectivity index (χ0n) is 17.1. The summed E-state index contributed by atoms with van der Waals surface area (Å²) in [4.78, 5) is 16.9. The number of thioether (sulfide) groups is 1. The van der Waals surface area contributed by atoms with Gasteiger partial charge in [0.25, 0.3) is 5.91 Å². The van der Waals surface area contributed by atoms with Crippen molar-refractivity contribution in [2.45, 2.75) is 40.0 Å². The number of unbranched alkanes of at least 4 members (excludes halogenated alkanes) is 1. The molecule has 1 N–H and O–H groups in total. The van der Waals surface area contributed by atoms with Crippen LogP contribution in [0, 0.1) is 19.3 Å². The molecule has 0 radical (unpaired) electrons. The normalized spacial score (nSPS) is 17.5. The van der Waals surface area contributed by atoms with Crippen molar-refractivity contribution in [3.05, 3.63) is 57.9 Å². The first kappa shape index (κ1) is 20.6. The van der Waals surface area contributed by atoms with Gasteiger partial charge in [0.1, 0.15) is 5.04 Å². The number of hydrazone groups is 1. The molecule has 1 amide bonds. The Morgan fingerprint density at radius 3 is 2.77 bits per heavy atom. The van der Waals surface area contributed by atoms with Crippen LogP contribution in [0.5, 0.6) is 0 Å². The summed E-state index contributed by atoms with van der Waals surface area (Å²) in [5.74, 6) is -0.347. The number of nitrogens with zero attached hydrogens (tertiary/aromatic N) is 4. The number of aryl methyl sites for hydroxylation is 1. The Morgan fingerprint density at radius 1 is 1.27 bits per heavy atom. The average molecular weight is 440 g/mol. The maximum absolute atomic E-state index is 12.7. The molecule has 0 aliphatic carbocycles. The maximum Gasteiger partial charge on any atom is 0.283 e. The highest BCUT2D eigenvalue weighted by molar-refractivity contribution is 8.26. The summed E-state index contributed by atoms with van der Waals surface area (Å²) in [5.41, 5.74) is 3.89. The molecule has 0 unspecified atom stereocenters. The van der Waals surface area contributed by atoms with E-state index in [9.17, 15) is 4.79 Å². The van der Waals surface area contributed by atoms with E-state index in [1.807, 2.05) is 48.7 Å². The van der Waals surface area contributed by atoms with Gasteiger partial charge in [-0.05, 0) is 68.3 Å². The summed E-state index contributed by atoms with van der Waals surface area (Å²) < 4.78 is 2.05. The monoisotopic (exact) mass is 439 g/mol. The zero-order valence-corrected chi connectivity index (χ0v) is 18.6. The van der Waals surface area contributed by atoms with Crippen molar-refractivity contribution >= 4 is 51.4 Å². The molecule has 154 valence electrons. The third-order valence-corrected chi connectivity index (χ3v) is 6.39. The molecule has 30 heavy (non-hydrogen) atoms. The second-order valence-electron chi connectivity index (χ2n) is 7.23. The number of nitrogens with one attached hydrogen (secondary N) is 1.